The predicted octanol–water partition coefficient (Wildman–Crippen LogP) is 4.58. The highest BCUT2D eigenvalue weighted by molar-refractivity contribution is 7.16. The molecule has 1 aromatic carbocycles. The number of carbonyl (C=O) groups excluding carboxylic acids is 2. The molecule has 4 nitrogen and oxygen atoms in total. The molecule has 2 rings (SSSR count). The summed E-state index contributed by atoms with van der Waals surface area (Å²) in [5.74, 6) is -0.333. The molecule has 0 aliphatic rings. The molecule has 2 amide bonds. The van der Waals surface area contributed by atoms with Gasteiger partial charge in [0.2, 0.25) is 11.8 Å². The predicted molar refractivity (Wildman–Crippen MR) is 92.0 cm³/mol. The molecule has 0 unspecified atom stereocenters. The molecule has 0 spiro atoms. The molecule has 2 aromatic rings. The Bertz CT molecular complexity index is 701. The summed E-state index contributed by atoms with van der Waals surface area (Å²) in [6.07, 6.45) is 0.990. The van der Waals surface area contributed by atoms with Crippen LogP contribution >= 0.6 is 34.5 Å². The van der Waals surface area contributed by atoms with Crippen molar-refractivity contribution in [3.63, 3.8) is 0 Å². The van der Waals surface area contributed by atoms with Crippen LogP contribution in [-0.2, 0) is 16.0 Å². The van der Waals surface area contributed by atoms with Crippen molar-refractivity contribution in [2.24, 2.45) is 0 Å². The van der Waals surface area contributed by atoms with E-state index in [1.807, 2.05) is 12.1 Å². The Balaban J connectivity index is 1.94. The molecule has 7 heteroatoms. The first-order chi connectivity index (χ1) is 10.4. The lowest BCUT2D eigenvalue weighted by Gasteiger charge is -2.09. The lowest BCUT2D eigenvalue weighted by atomic mass is 10.2. The van der Waals surface area contributed by atoms with Gasteiger partial charge in [0.05, 0.1) is 15.0 Å². The third kappa shape index (κ3) is 5.02. The smallest absolute Gasteiger partial charge is 0.224 e. The van der Waals surface area contributed by atoms with Crippen LogP contribution in [0.3, 0.4) is 0 Å². The second kappa shape index (κ2) is 7.63. The fourth-order valence-electron chi connectivity index (χ4n) is 1.83. The summed E-state index contributed by atoms with van der Waals surface area (Å²) in [6, 6.07) is 8.68. The van der Waals surface area contributed by atoms with E-state index in [0.717, 1.165) is 4.88 Å². The Morgan fingerprint density at radius 3 is 2.55 bits per heavy atom. The van der Waals surface area contributed by atoms with Crippen molar-refractivity contribution in [1.82, 2.24) is 0 Å². The number of aryl methyl sites for hydroxylation is 1. The van der Waals surface area contributed by atoms with Crippen molar-refractivity contribution in [2.75, 3.05) is 10.6 Å². The van der Waals surface area contributed by atoms with Crippen LogP contribution in [0.2, 0.25) is 9.36 Å². The van der Waals surface area contributed by atoms with Crippen LogP contribution in [-0.4, -0.2) is 11.8 Å². The minimum absolute atomic E-state index is 0.111. The quantitative estimate of drug-likeness (QED) is 0.823. The number of amides is 2. The van der Waals surface area contributed by atoms with E-state index in [0.29, 0.717) is 33.6 Å². The third-order valence-corrected chi connectivity index (χ3v) is 4.41. The summed E-state index contributed by atoms with van der Waals surface area (Å²) in [4.78, 5) is 24.1. The SMILES string of the molecule is CC(=O)Nc1cc(NC(=O)CCc2ccc(Cl)s2)ccc1Cl. The van der Waals surface area contributed by atoms with Gasteiger partial charge >= 0.3 is 0 Å². The molecule has 0 radical (unpaired) electrons. The molecule has 0 bridgehead atoms. The Labute approximate surface area is 142 Å². The first kappa shape index (κ1) is 16.8. The maximum atomic E-state index is 12.0. The maximum absolute atomic E-state index is 12.0. The zero-order valence-corrected chi connectivity index (χ0v) is 14.1. The van der Waals surface area contributed by atoms with Gasteiger partial charge in [0.15, 0.2) is 0 Å². The van der Waals surface area contributed by atoms with Crippen LogP contribution in [0.1, 0.15) is 18.2 Å². The average Bonchev–Trinajstić information content (AvgIpc) is 2.85. The largest absolute Gasteiger partial charge is 0.326 e. The molecule has 1 heterocycles. The summed E-state index contributed by atoms with van der Waals surface area (Å²) >= 11 is 13.3. The van der Waals surface area contributed by atoms with E-state index < -0.39 is 0 Å². The third-order valence-electron chi connectivity index (χ3n) is 2.79. The number of halogens is 2. The van der Waals surface area contributed by atoms with Crippen LogP contribution in [0.5, 0.6) is 0 Å². The Hall–Kier alpha value is -1.56. The van der Waals surface area contributed by atoms with Gasteiger partial charge in [-0.1, -0.05) is 23.2 Å². The molecule has 116 valence electrons. The zero-order chi connectivity index (χ0) is 16.1. The second-order valence-electron chi connectivity index (χ2n) is 4.63. The van der Waals surface area contributed by atoms with Crippen molar-refractivity contribution in [3.8, 4) is 0 Å². The minimum Gasteiger partial charge on any atom is -0.326 e. The summed E-state index contributed by atoms with van der Waals surface area (Å²) in [6.45, 7) is 1.40. The summed E-state index contributed by atoms with van der Waals surface area (Å²) in [5, 5.41) is 5.81. The minimum atomic E-state index is -0.222. The van der Waals surface area contributed by atoms with E-state index in [4.69, 9.17) is 23.2 Å². The number of rotatable bonds is 5. The normalized spacial score (nSPS) is 10.3. The number of carbonyl (C=O) groups is 2. The molecule has 0 saturated carbocycles. The fourth-order valence-corrected chi connectivity index (χ4v) is 3.09. The van der Waals surface area contributed by atoms with E-state index in [-0.39, 0.29) is 11.8 Å². The number of anilines is 2. The van der Waals surface area contributed by atoms with Gasteiger partial charge in [0.1, 0.15) is 0 Å². The highest BCUT2D eigenvalue weighted by Gasteiger charge is 2.08. The highest BCUT2D eigenvalue weighted by Crippen LogP contribution is 2.26. The van der Waals surface area contributed by atoms with Crippen LogP contribution in [0.25, 0.3) is 0 Å². The molecule has 2 N–H and O–H groups in total. The van der Waals surface area contributed by atoms with E-state index in [9.17, 15) is 9.59 Å². The van der Waals surface area contributed by atoms with Crippen LogP contribution in [0.15, 0.2) is 30.3 Å². The maximum Gasteiger partial charge on any atom is 0.224 e. The van der Waals surface area contributed by atoms with E-state index >= 15 is 0 Å². The van der Waals surface area contributed by atoms with Gasteiger partial charge in [-0.25, -0.2) is 0 Å². The van der Waals surface area contributed by atoms with E-state index in [1.165, 1.54) is 18.3 Å². The molecule has 0 saturated heterocycles. The lowest BCUT2D eigenvalue weighted by molar-refractivity contribution is -0.116. The highest BCUT2D eigenvalue weighted by atomic mass is 35.5. The number of thiophene rings is 1. The Kier molecular flexibility index (Phi) is 5.83. The van der Waals surface area contributed by atoms with E-state index in [1.54, 1.807) is 18.2 Å². The number of nitrogens with one attached hydrogen (secondary N) is 2. The van der Waals surface area contributed by atoms with Gasteiger partial charge < -0.3 is 10.6 Å². The van der Waals surface area contributed by atoms with E-state index in [2.05, 4.69) is 10.6 Å². The lowest BCUT2D eigenvalue weighted by Crippen LogP contribution is -2.13. The number of hydrogen-bond acceptors (Lipinski definition) is 3. The monoisotopic (exact) mass is 356 g/mol. The van der Waals surface area contributed by atoms with Crippen molar-refractivity contribution in [1.29, 1.82) is 0 Å². The van der Waals surface area contributed by atoms with Crippen molar-refractivity contribution < 1.29 is 9.59 Å². The Morgan fingerprint density at radius 1 is 1.14 bits per heavy atom. The molecule has 1 aromatic heterocycles. The van der Waals surface area contributed by atoms with Gasteiger partial charge in [-0.2, -0.15) is 0 Å². The van der Waals surface area contributed by atoms with Crippen molar-refractivity contribution in [3.05, 3.63) is 44.6 Å². The van der Waals surface area contributed by atoms with Gasteiger partial charge in [-0.3, -0.25) is 9.59 Å². The number of hydrogen-bond donors (Lipinski definition) is 2. The summed E-state index contributed by atoms with van der Waals surface area (Å²) in [7, 11) is 0. The van der Waals surface area contributed by atoms with Crippen LogP contribution in [0.4, 0.5) is 11.4 Å². The standard InChI is InChI=1S/C15H14Cl2N2O2S/c1-9(20)18-13-8-10(2-5-12(13)16)19-15(21)7-4-11-3-6-14(17)22-11/h2-3,5-6,8H,4,7H2,1H3,(H,18,20)(H,19,21). The molecule has 0 fully saturated rings. The molecule has 0 aliphatic heterocycles. The van der Waals surface area contributed by atoms with Gasteiger partial charge in [0.25, 0.3) is 0 Å². The van der Waals surface area contributed by atoms with Gasteiger partial charge in [-0.15, -0.1) is 11.3 Å². The Morgan fingerprint density at radius 2 is 1.91 bits per heavy atom. The average molecular weight is 357 g/mol. The summed E-state index contributed by atoms with van der Waals surface area (Å²) in [5.41, 5.74) is 1.05. The fraction of sp³-hybridized carbons (Fsp3) is 0.200. The van der Waals surface area contributed by atoms with Crippen LogP contribution in [0, 0.1) is 0 Å². The molecule has 0 aliphatic carbocycles. The second-order valence-corrected chi connectivity index (χ2v) is 6.84. The molecule has 22 heavy (non-hydrogen) atoms. The topological polar surface area (TPSA) is 58.2 Å². The zero-order valence-electron chi connectivity index (χ0n) is 11.8. The first-order valence-corrected chi connectivity index (χ1v) is 8.12. The van der Waals surface area contributed by atoms with Gasteiger partial charge in [0, 0.05) is 23.9 Å². The molecular weight excluding hydrogens is 343 g/mol. The van der Waals surface area contributed by atoms with Crippen LogP contribution < -0.4 is 10.6 Å². The first-order valence-electron chi connectivity index (χ1n) is 6.55. The van der Waals surface area contributed by atoms with Gasteiger partial charge in [-0.05, 0) is 36.8 Å². The summed E-state index contributed by atoms with van der Waals surface area (Å²) < 4.78 is 0.716. The van der Waals surface area contributed by atoms with Crippen molar-refractivity contribution in [2.45, 2.75) is 19.8 Å². The molecule has 0 atom stereocenters. The van der Waals surface area contributed by atoms with Crippen molar-refractivity contribution >= 4 is 57.7 Å². The molecular formula is C15H14Cl2N2O2S. The number of benzene rings is 1.